The fourth-order valence-corrected chi connectivity index (χ4v) is 4.48. The molecule has 2 heterocycles. The van der Waals surface area contributed by atoms with Crippen molar-refractivity contribution in [1.82, 2.24) is 14.5 Å². The van der Waals surface area contributed by atoms with Crippen molar-refractivity contribution in [3.05, 3.63) is 69.5 Å². The van der Waals surface area contributed by atoms with Gasteiger partial charge < -0.3 is 4.90 Å². The molecule has 1 saturated heterocycles. The van der Waals surface area contributed by atoms with Crippen LogP contribution in [0.3, 0.4) is 0 Å². The second kappa shape index (κ2) is 8.37. The Labute approximate surface area is 172 Å². The molecule has 4 rings (SSSR count). The number of hydrogen-bond donors (Lipinski definition) is 0. The minimum absolute atomic E-state index is 0.0919. The maximum Gasteiger partial charge on any atom is 0.262 e. The summed E-state index contributed by atoms with van der Waals surface area (Å²) < 4.78 is 1.62. The van der Waals surface area contributed by atoms with E-state index in [4.69, 9.17) is 11.6 Å². The quantitative estimate of drug-likeness (QED) is 0.471. The number of likely N-dealkylation sites (tertiary alicyclic amines) is 1. The lowest BCUT2D eigenvalue weighted by atomic mass is 10.2. The third-order valence-corrected chi connectivity index (χ3v) is 6.23. The SMILES string of the molecule is O=C(CSc1nc2ccccc2c(=O)n1Cc1ccccc1Cl)N1CCCC1. The average Bonchev–Trinajstić information content (AvgIpc) is 3.25. The van der Waals surface area contributed by atoms with Crippen molar-refractivity contribution < 1.29 is 4.79 Å². The fraction of sp³-hybridized carbons (Fsp3) is 0.286. The van der Waals surface area contributed by atoms with Gasteiger partial charge in [0.1, 0.15) is 0 Å². The first kappa shape index (κ1) is 19.0. The van der Waals surface area contributed by atoms with Crippen LogP contribution in [-0.4, -0.2) is 39.2 Å². The topological polar surface area (TPSA) is 55.2 Å². The van der Waals surface area contributed by atoms with Crippen molar-refractivity contribution >= 4 is 40.2 Å². The standard InChI is InChI=1S/C21H20ClN3O2S/c22-17-9-3-1-7-15(17)13-25-20(27)16-8-2-4-10-18(16)23-21(25)28-14-19(26)24-11-5-6-12-24/h1-4,7-10H,5-6,11-14H2. The average molecular weight is 414 g/mol. The summed E-state index contributed by atoms with van der Waals surface area (Å²) in [7, 11) is 0. The molecule has 0 atom stereocenters. The molecule has 144 valence electrons. The number of hydrogen-bond acceptors (Lipinski definition) is 4. The van der Waals surface area contributed by atoms with Crippen molar-refractivity contribution in [3.8, 4) is 0 Å². The van der Waals surface area contributed by atoms with E-state index in [-0.39, 0.29) is 17.2 Å². The van der Waals surface area contributed by atoms with Crippen molar-refractivity contribution in [2.75, 3.05) is 18.8 Å². The predicted molar refractivity (Wildman–Crippen MR) is 113 cm³/mol. The van der Waals surface area contributed by atoms with Crippen LogP contribution < -0.4 is 5.56 Å². The van der Waals surface area contributed by atoms with Crippen LogP contribution in [0.5, 0.6) is 0 Å². The maximum atomic E-state index is 13.1. The molecule has 1 fully saturated rings. The Balaban J connectivity index is 1.69. The molecule has 7 heteroatoms. The molecule has 1 amide bonds. The number of thioether (sulfide) groups is 1. The van der Waals surface area contributed by atoms with Gasteiger partial charge in [0.15, 0.2) is 5.16 Å². The van der Waals surface area contributed by atoms with Gasteiger partial charge in [-0.25, -0.2) is 4.98 Å². The largest absolute Gasteiger partial charge is 0.342 e. The monoisotopic (exact) mass is 413 g/mol. The highest BCUT2D eigenvalue weighted by Crippen LogP contribution is 2.22. The maximum absolute atomic E-state index is 13.1. The number of carbonyl (C=O) groups is 1. The predicted octanol–water partition coefficient (Wildman–Crippen LogP) is 3.81. The summed E-state index contributed by atoms with van der Waals surface area (Å²) in [5.41, 5.74) is 1.36. The van der Waals surface area contributed by atoms with E-state index < -0.39 is 0 Å². The molecule has 5 nitrogen and oxygen atoms in total. The Morgan fingerprint density at radius 2 is 1.79 bits per heavy atom. The highest BCUT2D eigenvalue weighted by atomic mass is 35.5. The molecule has 3 aromatic rings. The molecule has 0 radical (unpaired) electrons. The molecule has 0 saturated carbocycles. The van der Waals surface area contributed by atoms with Gasteiger partial charge in [-0.05, 0) is 36.6 Å². The molecule has 28 heavy (non-hydrogen) atoms. The number of halogens is 1. The second-order valence-electron chi connectivity index (χ2n) is 6.77. The molecular weight excluding hydrogens is 394 g/mol. The van der Waals surface area contributed by atoms with Gasteiger partial charge in [-0.2, -0.15) is 0 Å². The van der Waals surface area contributed by atoms with Gasteiger partial charge in [0.25, 0.3) is 5.56 Å². The van der Waals surface area contributed by atoms with Crippen LogP contribution in [0.4, 0.5) is 0 Å². The van der Waals surface area contributed by atoms with Crippen LogP contribution in [0.25, 0.3) is 10.9 Å². The highest BCUT2D eigenvalue weighted by Gasteiger charge is 2.20. The molecule has 0 spiro atoms. The van der Waals surface area contributed by atoms with Gasteiger partial charge in [0.2, 0.25) is 5.91 Å². The third kappa shape index (κ3) is 3.93. The zero-order valence-corrected chi connectivity index (χ0v) is 16.9. The molecule has 1 aliphatic heterocycles. The van der Waals surface area contributed by atoms with Gasteiger partial charge in [0, 0.05) is 18.1 Å². The first-order valence-corrected chi connectivity index (χ1v) is 10.6. The fourth-order valence-electron chi connectivity index (χ4n) is 3.38. The number of aromatic nitrogens is 2. The Morgan fingerprint density at radius 1 is 1.07 bits per heavy atom. The summed E-state index contributed by atoms with van der Waals surface area (Å²) in [6.07, 6.45) is 2.11. The van der Waals surface area contributed by atoms with Crippen molar-refractivity contribution in [2.24, 2.45) is 0 Å². The molecule has 1 aromatic heterocycles. The highest BCUT2D eigenvalue weighted by molar-refractivity contribution is 7.99. The van der Waals surface area contributed by atoms with E-state index in [1.807, 2.05) is 41.3 Å². The van der Waals surface area contributed by atoms with Crippen LogP contribution in [0, 0.1) is 0 Å². The second-order valence-corrected chi connectivity index (χ2v) is 8.12. The van der Waals surface area contributed by atoms with E-state index in [1.54, 1.807) is 16.7 Å². The van der Waals surface area contributed by atoms with Crippen LogP contribution in [0.2, 0.25) is 5.02 Å². The number of fused-ring (bicyclic) bond motifs is 1. The van der Waals surface area contributed by atoms with E-state index >= 15 is 0 Å². The third-order valence-electron chi connectivity index (χ3n) is 4.90. The van der Waals surface area contributed by atoms with Crippen LogP contribution in [0.1, 0.15) is 18.4 Å². The Kier molecular flexibility index (Phi) is 5.69. The van der Waals surface area contributed by atoms with E-state index in [0.29, 0.717) is 27.6 Å². The Hall–Kier alpha value is -2.31. The number of para-hydroxylation sites is 1. The Bertz CT molecular complexity index is 1080. The van der Waals surface area contributed by atoms with Crippen molar-refractivity contribution in [3.63, 3.8) is 0 Å². The molecule has 0 N–H and O–H groups in total. The van der Waals surface area contributed by atoms with Crippen molar-refractivity contribution in [2.45, 2.75) is 24.5 Å². The first-order chi connectivity index (χ1) is 13.6. The number of benzene rings is 2. The minimum atomic E-state index is -0.123. The zero-order chi connectivity index (χ0) is 19.5. The van der Waals surface area contributed by atoms with E-state index in [1.165, 1.54) is 11.8 Å². The van der Waals surface area contributed by atoms with Crippen LogP contribution >= 0.6 is 23.4 Å². The summed E-state index contributed by atoms with van der Waals surface area (Å²) in [5, 5.41) is 1.70. The van der Waals surface area contributed by atoms with E-state index in [2.05, 4.69) is 4.98 Å². The van der Waals surface area contributed by atoms with Gasteiger partial charge in [-0.1, -0.05) is 53.7 Å². The summed E-state index contributed by atoms with van der Waals surface area (Å²) in [4.78, 5) is 32.1. The van der Waals surface area contributed by atoms with Crippen LogP contribution in [-0.2, 0) is 11.3 Å². The van der Waals surface area contributed by atoms with Crippen LogP contribution in [0.15, 0.2) is 58.5 Å². The summed E-state index contributed by atoms with van der Waals surface area (Å²) in [6.45, 7) is 1.95. The molecule has 1 aliphatic rings. The van der Waals surface area contributed by atoms with Gasteiger partial charge in [-0.3, -0.25) is 14.2 Å². The van der Waals surface area contributed by atoms with E-state index in [9.17, 15) is 9.59 Å². The summed E-state index contributed by atoms with van der Waals surface area (Å²) >= 11 is 7.62. The van der Waals surface area contributed by atoms with Gasteiger partial charge >= 0.3 is 0 Å². The smallest absolute Gasteiger partial charge is 0.262 e. The first-order valence-electron chi connectivity index (χ1n) is 9.27. The summed E-state index contributed by atoms with van der Waals surface area (Å²) in [5.74, 6) is 0.363. The van der Waals surface area contributed by atoms with E-state index in [0.717, 1.165) is 31.5 Å². The normalized spacial score (nSPS) is 14.0. The lowest BCUT2D eigenvalue weighted by molar-refractivity contribution is -0.127. The number of nitrogens with zero attached hydrogens (tertiary/aromatic N) is 3. The van der Waals surface area contributed by atoms with Crippen molar-refractivity contribution in [1.29, 1.82) is 0 Å². The molecule has 0 bridgehead atoms. The molecular formula is C21H20ClN3O2S. The van der Waals surface area contributed by atoms with Gasteiger partial charge in [-0.15, -0.1) is 0 Å². The van der Waals surface area contributed by atoms with Gasteiger partial charge in [0.05, 0.1) is 23.2 Å². The number of rotatable bonds is 5. The molecule has 2 aromatic carbocycles. The minimum Gasteiger partial charge on any atom is -0.342 e. The lowest BCUT2D eigenvalue weighted by Gasteiger charge is -2.17. The Morgan fingerprint density at radius 3 is 2.57 bits per heavy atom. The molecule has 0 aliphatic carbocycles. The number of amides is 1. The zero-order valence-electron chi connectivity index (χ0n) is 15.3. The molecule has 0 unspecified atom stereocenters. The lowest BCUT2D eigenvalue weighted by Crippen LogP contribution is -2.30. The number of carbonyl (C=O) groups excluding carboxylic acids is 1. The summed E-state index contributed by atoms with van der Waals surface area (Å²) in [6, 6.07) is 14.7.